The summed E-state index contributed by atoms with van der Waals surface area (Å²) in [5, 5.41) is 5.06. The topological polar surface area (TPSA) is 56.2 Å². The van der Waals surface area contributed by atoms with Crippen LogP contribution in [0.2, 0.25) is 5.02 Å². The third-order valence-electron chi connectivity index (χ3n) is 2.46. The zero-order chi connectivity index (χ0) is 11.8. The normalized spacial score (nSPS) is 10.9. The molecule has 0 aliphatic heterocycles. The number of aromatic nitrogens is 3. The van der Waals surface area contributed by atoms with Gasteiger partial charge in [-0.2, -0.15) is 0 Å². The summed E-state index contributed by atoms with van der Waals surface area (Å²) in [6, 6.07) is 11.0. The van der Waals surface area contributed by atoms with Crippen molar-refractivity contribution in [1.82, 2.24) is 14.6 Å². The van der Waals surface area contributed by atoms with E-state index in [0.29, 0.717) is 16.5 Å². The maximum Gasteiger partial charge on any atom is 0.182 e. The number of fused-ring (bicyclic) bond motifs is 1. The number of halogens is 1. The molecule has 0 saturated carbocycles. The van der Waals surface area contributed by atoms with Gasteiger partial charge in [-0.1, -0.05) is 11.6 Å². The number of hydrogen-bond donors (Lipinski definition) is 1. The van der Waals surface area contributed by atoms with Gasteiger partial charge in [0.25, 0.3) is 0 Å². The molecule has 0 aliphatic carbocycles. The molecule has 2 aromatic heterocycles. The SMILES string of the molecule is Nc1ccn2nc(-c3ccc(Cl)cc3)nc2c1. The number of pyridine rings is 1. The summed E-state index contributed by atoms with van der Waals surface area (Å²) in [5.41, 5.74) is 8.03. The Morgan fingerprint density at radius 1 is 1.12 bits per heavy atom. The first-order chi connectivity index (χ1) is 8.22. The van der Waals surface area contributed by atoms with E-state index in [2.05, 4.69) is 10.1 Å². The molecule has 2 heterocycles. The summed E-state index contributed by atoms with van der Waals surface area (Å²) in [5.74, 6) is 0.660. The van der Waals surface area contributed by atoms with E-state index >= 15 is 0 Å². The van der Waals surface area contributed by atoms with Crippen molar-refractivity contribution in [3.05, 3.63) is 47.6 Å². The number of nitrogen functional groups attached to an aromatic ring is 1. The van der Waals surface area contributed by atoms with Crippen LogP contribution >= 0.6 is 11.6 Å². The monoisotopic (exact) mass is 244 g/mol. The molecule has 2 N–H and O–H groups in total. The van der Waals surface area contributed by atoms with Gasteiger partial charge in [-0.15, -0.1) is 5.10 Å². The van der Waals surface area contributed by atoms with Gasteiger partial charge in [0.2, 0.25) is 0 Å². The van der Waals surface area contributed by atoms with Crippen LogP contribution in [0.5, 0.6) is 0 Å². The Balaban J connectivity index is 2.14. The average molecular weight is 245 g/mol. The largest absolute Gasteiger partial charge is 0.399 e. The minimum Gasteiger partial charge on any atom is -0.399 e. The van der Waals surface area contributed by atoms with Crippen LogP contribution in [0.15, 0.2) is 42.6 Å². The molecular formula is C12H9ClN4. The Kier molecular flexibility index (Phi) is 2.23. The highest BCUT2D eigenvalue weighted by Gasteiger charge is 2.05. The Hall–Kier alpha value is -2.07. The second kappa shape index (κ2) is 3.75. The Labute approximate surface area is 103 Å². The Bertz CT molecular complexity index is 673. The molecule has 84 valence electrons. The molecule has 17 heavy (non-hydrogen) atoms. The van der Waals surface area contributed by atoms with Crippen molar-refractivity contribution in [2.75, 3.05) is 5.73 Å². The average Bonchev–Trinajstić information content (AvgIpc) is 2.72. The summed E-state index contributed by atoms with van der Waals surface area (Å²) < 4.78 is 1.69. The van der Waals surface area contributed by atoms with Crippen LogP contribution in [0.25, 0.3) is 17.0 Å². The van der Waals surface area contributed by atoms with E-state index in [1.807, 2.05) is 24.3 Å². The van der Waals surface area contributed by atoms with Gasteiger partial charge in [0.15, 0.2) is 11.5 Å². The van der Waals surface area contributed by atoms with Crippen LogP contribution in [-0.2, 0) is 0 Å². The van der Waals surface area contributed by atoms with Gasteiger partial charge >= 0.3 is 0 Å². The van der Waals surface area contributed by atoms with E-state index in [9.17, 15) is 0 Å². The smallest absolute Gasteiger partial charge is 0.182 e. The predicted molar refractivity (Wildman–Crippen MR) is 67.8 cm³/mol. The van der Waals surface area contributed by atoms with E-state index in [0.717, 1.165) is 11.2 Å². The predicted octanol–water partition coefficient (Wildman–Crippen LogP) is 2.63. The van der Waals surface area contributed by atoms with Gasteiger partial charge < -0.3 is 5.73 Å². The van der Waals surface area contributed by atoms with Crippen molar-refractivity contribution < 1.29 is 0 Å². The van der Waals surface area contributed by atoms with Crippen molar-refractivity contribution in [2.24, 2.45) is 0 Å². The number of nitrogens with zero attached hydrogens (tertiary/aromatic N) is 3. The van der Waals surface area contributed by atoms with Crippen LogP contribution < -0.4 is 5.73 Å². The van der Waals surface area contributed by atoms with E-state index in [1.54, 1.807) is 22.8 Å². The van der Waals surface area contributed by atoms with Crippen LogP contribution in [0.1, 0.15) is 0 Å². The second-order valence-corrected chi connectivity index (χ2v) is 4.14. The van der Waals surface area contributed by atoms with Gasteiger partial charge in [-0.05, 0) is 30.3 Å². The van der Waals surface area contributed by atoms with Crippen molar-refractivity contribution in [1.29, 1.82) is 0 Å². The minimum absolute atomic E-state index is 0.660. The van der Waals surface area contributed by atoms with E-state index in [-0.39, 0.29) is 0 Å². The molecule has 0 saturated heterocycles. The van der Waals surface area contributed by atoms with Gasteiger partial charge in [-0.25, -0.2) is 9.50 Å². The minimum atomic E-state index is 0.660. The summed E-state index contributed by atoms with van der Waals surface area (Å²) in [7, 11) is 0. The number of rotatable bonds is 1. The van der Waals surface area contributed by atoms with Crippen LogP contribution in [0, 0.1) is 0 Å². The maximum absolute atomic E-state index is 5.84. The number of anilines is 1. The molecule has 3 rings (SSSR count). The lowest BCUT2D eigenvalue weighted by Gasteiger charge is -1.93. The van der Waals surface area contributed by atoms with E-state index in [1.165, 1.54) is 0 Å². The third kappa shape index (κ3) is 1.83. The first-order valence-electron chi connectivity index (χ1n) is 5.10. The van der Waals surface area contributed by atoms with E-state index in [4.69, 9.17) is 17.3 Å². The fourth-order valence-corrected chi connectivity index (χ4v) is 1.74. The molecule has 0 unspecified atom stereocenters. The molecule has 0 amide bonds. The van der Waals surface area contributed by atoms with E-state index < -0.39 is 0 Å². The molecule has 0 atom stereocenters. The first kappa shape index (κ1) is 10.1. The number of nitrogens with two attached hydrogens (primary N) is 1. The summed E-state index contributed by atoms with van der Waals surface area (Å²) in [4.78, 5) is 4.40. The molecule has 0 aliphatic rings. The van der Waals surface area contributed by atoms with Crippen molar-refractivity contribution in [3.63, 3.8) is 0 Å². The van der Waals surface area contributed by atoms with Crippen molar-refractivity contribution in [3.8, 4) is 11.4 Å². The zero-order valence-corrected chi connectivity index (χ0v) is 9.59. The molecule has 0 radical (unpaired) electrons. The Morgan fingerprint density at radius 2 is 1.88 bits per heavy atom. The van der Waals surface area contributed by atoms with Gasteiger partial charge in [0.1, 0.15) is 0 Å². The van der Waals surface area contributed by atoms with Crippen LogP contribution in [0.3, 0.4) is 0 Å². The van der Waals surface area contributed by atoms with Gasteiger partial charge in [0.05, 0.1) is 0 Å². The fraction of sp³-hybridized carbons (Fsp3) is 0. The third-order valence-corrected chi connectivity index (χ3v) is 2.72. The number of hydrogen-bond acceptors (Lipinski definition) is 3. The highest BCUT2D eigenvalue weighted by atomic mass is 35.5. The molecule has 3 aromatic rings. The highest BCUT2D eigenvalue weighted by molar-refractivity contribution is 6.30. The molecule has 0 bridgehead atoms. The lowest BCUT2D eigenvalue weighted by atomic mass is 10.2. The maximum atomic E-state index is 5.84. The van der Waals surface area contributed by atoms with Crippen LogP contribution in [0.4, 0.5) is 5.69 Å². The zero-order valence-electron chi connectivity index (χ0n) is 8.84. The number of benzene rings is 1. The highest BCUT2D eigenvalue weighted by Crippen LogP contribution is 2.19. The van der Waals surface area contributed by atoms with Crippen molar-refractivity contribution >= 4 is 22.9 Å². The van der Waals surface area contributed by atoms with Crippen molar-refractivity contribution in [2.45, 2.75) is 0 Å². The van der Waals surface area contributed by atoms with Crippen LogP contribution in [-0.4, -0.2) is 14.6 Å². The fourth-order valence-electron chi connectivity index (χ4n) is 1.62. The molecule has 4 nitrogen and oxygen atoms in total. The molecule has 1 aromatic carbocycles. The summed E-state index contributed by atoms with van der Waals surface area (Å²) >= 11 is 5.84. The van der Waals surface area contributed by atoms with Gasteiger partial charge in [-0.3, -0.25) is 0 Å². The molecule has 0 fully saturated rings. The quantitative estimate of drug-likeness (QED) is 0.716. The summed E-state index contributed by atoms with van der Waals surface area (Å²) in [6.45, 7) is 0. The molecule has 5 heteroatoms. The first-order valence-corrected chi connectivity index (χ1v) is 5.48. The molecular weight excluding hydrogens is 236 g/mol. The Morgan fingerprint density at radius 3 is 2.65 bits per heavy atom. The second-order valence-electron chi connectivity index (χ2n) is 3.71. The van der Waals surface area contributed by atoms with Gasteiger partial charge in [0, 0.05) is 28.5 Å². The lowest BCUT2D eigenvalue weighted by molar-refractivity contribution is 0.966. The molecule has 0 spiro atoms. The lowest BCUT2D eigenvalue weighted by Crippen LogP contribution is -1.89. The summed E-state index contributed by atoms with van der Waals surface area (Å²) in [6.07, 6.45) is 1.79. The standard InChI is InChI=1S/C12H9ClN4/c13-9-3-1-8(2-4-9)12-15-11-7-10(14)5-6-17(11)16-12/h1-7H,14H2.